The van der Waals surface area contributed by atoms with Crippen molar-refractivity contribution in [1.29, 1.82) is 0 Å². The zero-order valence-corrected chi connectivity index (χ0v) is 12.0. The molecule has 0 unspecified atom stereocenters. The summed E-state index contributed by atoms with van der Waals surface area (Å²) in [5.41, 5.74) is 7.90. The molecule has 3 N–H and O–H groups in total. The zero-order chi connectivity index (χ0) is 11.1. The highest BCUT2D eigenvalue weighted by atomic mass is 127. The first kappa shape index (κ1) is 15.4. The van der Waals surface area contributed by atoms with Crippen molar-refractivity contribution in [2.24, 2.45) is 10.7 Å². The largest absolute Gasteiger partial charge is 0.377 e. The van der Waals surface area contributed by atoms with Gasteiger partial charge in [0, 0.05) is 6.54 Å². The molecule has 16 heavy (non-hydrogen) atoms. The molecule has 0 aromatic carbocycles. The van der Waals surface area contributed by atoms with E-state index in [1.54, 1.807) is 0 Å². The van der Waals surface area contributed by atoms with Gasteiger partial charge in [0.1, 0.15) is 0 Å². The van der Waals surface area contributed by atoms with Gasteiger partial charge in [0.25, 0.3) is 0 Å². The highest BCUT2D eigenvalue weighted by Gasteiger charge is 2.02. The first-order chi connectivity index (χ1) is 7.18. The molecule has 0 radical (unpaired) electrons. The number of aliphatic imine (C=N–C) groups is 1. The number of nitrogens with one attached hydrogen (secondary N) is 1. The topological polar surface area (TPSA) is 59.6 Å². The van der Waals surface area contributed by atoms with E-state index in [-0.39, 0.29) is 24.0 Å². The van der Waals surface area contributed by atoms with E-state index < -0.39 is 0 Å². The third-order valence-electron chi connectivity index (χ3n) is 2.01. The van der Waals surface area contributed by atoms with Crippen molar-refractivity contribution in [3.8, 4) is 0 Å². The molecule has 1 rings (SSSR count). The Labute approximate surface area is 114 Å². The van der Waals surface area contributed by atoms with Crippen LogP contribution in [-0.4, -0.2) is 32.3 Å². The monoisotopic (exact) mass is 337 g/mol. The van der Waals surface area contributed by atoms with Gasteiger partial charge in [0.2, 0.25) is 0 Å². The van der Waals surface area contributed by atoms with Crippen LogP contribution in [0, 0.1) is 0 Å². The summed E-state index contributed by atoms with van der Waals surface area (Å²) in [6.07, 6.45) is 3.14. The first-order valence-corrected chi connectivity index (χ1v) is 5.12. The minimum absolute atomic E-state index is 0. The van der Waals surface area contributed by atoms with Crippen molar-refractivity contribution in [3.63, 3.8) is 0 Å². The van der Waals surface area contributed by atoms with E-state index >= 15 is 0 Å². The standard InChI is InChI=1S/C11H19N3O.HI/c1-9(2)6-13-11(12)14-7-10-4-3-5-15-8-10;/h4H,1,3,5-8H2,2H3,(H3,12,13,14);1H. The Balaban J connectivity index is 0.00000225. The van der Waals surface area contributed by atoms with Crippen LogP contribution in [0.4, 0.5) is 0 Å². The Morgan fingerprint density at radius 3 is 3.00 bits per heavy atom. The number of nitrogens with two attached hydrogens (primary N) is 1. The van der Waals surface area contributed by atoms with Crippen LogP contribution < -0.4 is 11.1 Å². The highest BCUT2D eigenvalue weighted by Crippen LogP contribution is 2.05. The summed E-state index contributed by atoms with van der Waals surface area (Å²) in [7, 11) is 0. The Morgan fingerprint density at radius 1 is 1.69 bits per heavy atom. The van der Waals surface area contributed by atoms with E-state index in [4.69, 9.17) is 10.5 Å². The fraction of sp³-hybridized carbons (Fsp3) is 0.545. The van der Waals surface area contributed by atoms with Gasteiger partial charge in [-0.3, -0.25) is 0 Å². The summed E-state index contributed by atoms with van der Waals surface area (Å²) in [6, 6.07) is 0. The molecule has 0 spiro atoms. The van der Waals surface area contributed by atoms with Crippen LogP contribution in [0.25, 0.3) is 0 Å². The SMILES string of the molecule is C=C(C)CNC(N)=NCC1=CCCOC1.I. The summed E-state index contributed by atoms with van der Waals surface area (Å²) >= 11 is 0. The Bertz CT molecular complexity index is 287. The van der Waals surface area contributed by atoms with Gasteiger partial charge in [0.05, 0.1) is 19.8 Å². The number of hydrogen-bond donors (Lipinski definition) is 2. The van der Waals surface area contributed by atoms with Crippen LogP contribution in [0.15, 0.2) is 28.8 Å². The number of ether oxygens (including phenoxy) is 1. The van der Waals surface area contributed by atoms with Gasteiger partial charge in [-0.1, -0.05) is 18.2 Å². The maximum absolute atomic E-state index is 5.67. The summed E-state index contributed by atoms with van der Waals surface area (Å²) < 4.78 is 5.30. The molecule has 0 amide bonds. The summed E-state index contributed by atoms with van der Waals surface area (Å²) in [6.45, 7) is 8.50. The lowest BCUT2D eigenvalue weighted by Crippen LogP contribution is -2.33. The van der Waals surface area contributed by atoms with Crippen LogP contribution in [0.5, 0.6) is 0 Å². The third kappa shape index (κ3) is 6.84. The molecule has 1 aliphatic heterocycles. The Morgan fingerprint density at radius 2 is 2.44 bits per heavy atom. The molecule has 0 aromatic heterocycles. The number of halogens is 1. The van der Waals surface area contributed by atoms with Gasteiger partial charge in [-0.25, -0.2) is 4.99 Å². The van der Waals surface area contributed by atoms with Crippen molar-refractivity contribution in [2.75, 3.05) is 26.3 Å². The van der Waals surface area contributed by atoms with Crippen LogP contribution in [-0.2, 0) is 4.74 Å². The molecule has 0 fully saturated rings. The predicted molar refractivity (Wildman–Crippen MR) is 78.2 cm³/mol. The van der Waals surface area contributed by atoms with E-state index in [0.717, 1.165) is 18.6 Å². The average molecular weight is 337 g/mol. The van der Waals surface area contributed by atoms with Gasteiger partial charge < -0.3 is 15.8 Å². The number of nitrogens with zero attached hydrogens (tertiary/aromatic N) is 1. The molecule has 92 valence electrons. The van der Waals surface area contributed by atoms with Gasteiger partial charge in [-0.15, -0.1) is 24.0 Å². The third-order valence-corrected chi connectivity index (χ3v) is 2.01. The van der Waals surface area contributed by atoms with E-state index in [1.165, 1.54) is 5.57 Å². The Kier molecular flexibility index (Phi) is 8.28. The quantitative estimate of drug-likeness (QED) is 0.353. The molecular formula is C11H20IN3O. The fourth-order valence-corrected chi connectivity index (χ4v) is 1.20. The van der Waals surface area contributed by atoms with Crippen LogP contribution in [0.3, 0.4) is 0 Å². The Hall–Kier alpha value is -0.560. The van der Waals surface area contributed by atoms with Crippen LogP contribution in [0.2, 0.25) is 0 Å². The van der Waals surface area contributed by atoms with Crippen LogP contribution in [0.1, 0.15) is 13.3 Å². The van der Waals surface area contributed by atoms with Crippen molar-refractivity contribution in [1.82, 2.24) is 5.32 Å². The first-order valence-electron chi connectivity index (χ1n) is 5.12. The van der Waals surface area contributed by atoms with Gasteiger partial charge >= 0.3 is 0 Å². The molecule has 0 aliphatic carbocycles. The molecule has 0 bridgehead atoms. The van der Waals surface area contributed by atoms with Crippen molar-refractivity contribution >= 4 is 29.9 Å². The van der Waals surface area contributed by atoms with Crippen molar-refractivity contribution < 1.29 is 4.74 Å². The summed E-state index contributed by atoms with van der Waals surface area (Å²) in [5, 5.41) is 2.98. The number of rotatable bonds is 4. The molecule has 0 saturated heterocycles. The number of hydrogen-bond acceptors (Lipinski definition) is 2. The second-order valence-electron chi connectivity index (χ2n) is 3.72. The number of guanidine groups is 1. The molecule has 0 aromatic rings. The van der Waals surface area contributed by atoms with Gasteiger partial charge in [-0.05, 0) is 18.9 Å². The van der Waals surface area contributed by atoms with E-state index in [2.05, 4.69) is 23.0 Å². The van der Waals surface area contributed by atoms with E-state index in [0.29, 0.717) is 25.7 Å². The second-order valence-corrected chi connectivity index (χ2v) is 3.72. The summed E-state index contributed by atoms with van der Waals surface area (Å²) in [4.78, 5) is 4.21. The van der Waals surface area contributed by atoms with Crippen LogP contribution >= 0.6 is 24.0 Å². The molecule has 1 aliphatic rings. The molecular weight excluding hydrogens is 317 g/mol. The lowest BCUT2D eigenvalue weighted by atomic mass is 10.2. The molecule has 1 heterocycles. The smallest absolute Gasteiger partial charge is 0.189 e. The maximum atomic E-state index is 5.67. The average Bonchev–Trinajstić information content (AvgIpc) is 2.25. The fourth-order valence-electron chi connectivity index (χ4n) is 1.20. The van der Waals surface area contributed by atoms with Gasteiger partial charge in [-0.2, -0.15) is 0 Å². The van der Waals surface area contributed by atoms with Crippen molar-refractivity contribution in [2.45, 2.75) is 13.3 Å². The highest BCUT2D eigenvalue weighted by molar-refractivity contribution is 14.0. The molecule has 0 saturated carbocycles. The predicted octanol–water partition coefficient (Wildman–Crippen LogP) is 1.43. The van der Waals surface area contributed by atoms with E-state index in [9.17, 15) is 0 Å². The molecule has 0 atom stereocenters. The normalized spacial score (nSPS) is 16.1. The second kappa shape index (κ2) is 8.58. The van der Waals surface area contributed by atoms with Gasteiger partial charge in [0.15, 0.2) is 5.96 Å². The zero-order valence-electron chi connectivity index (χ0n) is 9.66. The minimum Gasteiger partial charge on any atom is -0.377 e. The lowest BCUT2D eigenvalue weighted by Gasteiger charge is -2.12. The minimum atomic E-state index is 0. The molecule has 5 heteroatoms. The van der Waals surface area contributed by atoms with Crippen molar-refractivity contribution in [3.05, 3.63) is 23.8 Å². The lowest BCUT2D eigenvalue weighted by molar-refractivity contribution is 0.150. The molecule has 4 nitrogen and oxygen atoms in total. The van der Waals surface area contributed by atoms with E-state index in [1.807, 2.05) is 6.92 Å². The maximum Gasteiger partial charge on any atom is 0.189 e. The summed E-state index contributed by atoms with van der Waals surface area (Å²) in [5.74, 6) is 0.462.